The van der Waals surface area contributed by atoms with Gasteiger partial charge in [-0.25, -0.2) is 0 Å². The lowest BCUT2D eigenvalue weighted by molar-refractivity contribution is 1.33. The van der Waals surface area contributed by atoms with Crippen LogP contribution in [-0.2, 0) is 0 Å². The summed E-state index contributed by atoms with van der Waals surface area (Å²) in [7, 11) is 0. The van der Waals surface area contributed by atoms with E-state index in [9.17, 15) is 0 Å². The molecule has 202 valence electrons. The highest BCUT2D eigenvalue weighted by Crippen LogP contribution is 2.44. The van der Waals surface area contributed by atoms with E-state index in [1.54, 1.807) is 0 Å². The maximum Gasteiger partial charge on any atom is 0.0273 e. The van der Waals surface area contributed by atoms with Gasteiger partial charge in [0.1, 0.15) is 0 Å². The van der Waals surface area contributed by atoms with E-state index >= 15 is 0 Å². The molecular weight excluding hydrogens is 518 g/mol. The lowest BCUT2D eigenvalue weighted by Gasteiger charge is -2.18. The first-order valence-corrected chi connectivity index (χ1v) is 14.8. The number of rotatable bonds is 4. The molecule has 0 atom stereocenters. The molecule has 0 aliphatic heterocycles. The highest BCUT2D eigenvalue weighted by Gasteiger charge is 2.17. The lowest BCUT2D eigenvalue weighted by Crippen LogP contribution is -1.91. The maximum atomic E-state index is 4.19. The predicted molar refractivity (Wildman–Crippen MR) is 183 cm³/mol. The Kier molecular flexibility index (Phi) is 6.09. The van der Waals surface area contributed by atoms with E-state index in [1.807, 2.05) is 12.4 Å². The van der Waals surface area contributed by atoms with Crippen LogP contribution < -0.4 is 0 Å². The summed E-state index contributed by atoms with van der Waals surface area (Å²) in [5.41, 5.74) is 11.1. The van der Waals surface area contributed by atoms with E-state index < -0.39 is 0 Å². The van der Waals surface area contributed by atoms with Crippen molar-refractivity contribution < 1.29 is 0 Å². The topological polar surface area (TPSA) is 12.9 Å². The van der Waals surface area contributed by atoms with Gasteiger partial charge in [-0.1, -0.05) is 121 Å². The molecule has 0 aliphatic carbocycles. The second-order valence-electron chi connectivity index (χ2n) is 11.3. The molecule has 0 saturated carbocycles. The third kappa shape index (κ3) is 4.47. The first kappa shape index (κ1) is 25.2. The Labute approximate surface area is 251 Å². The van der Waals surface area contributed by atoms with E-state index in [2.05, 4.69) is 158 Å². The molecule has 0 N–H and O–H groups in total. The number of benzene rings is 7. The summed E-state index contributed by atoms with van der Waals surface area (Å²) >= 11 is 0. The minimum absolute atomic E-state index is 1.17. The molecule has 0 fully saturated rings. The molecule has 0 radical (unpaired) electrons. The van der Waals surface area contributed by atoms with Crippen molar-refractivity contribution in [3.05, 3.63) is 164 Å². The minimum atomic E-state index is 1.17. The number of aryl methyl sites for hydroxylation is 1. The van der Waals surface area contributed by atoms with Crippen molar-refractivity contribution >= 4 is 32.3 Å². The Morgan fingerprint density at radius 2 is 0.837 bits per heavy atom. The average Bonchev–Trinajstić information content (AvgIpc) is 3.07. The van der Waals surface area contributed by atoms with Crippen LogP contribution in [0.1, 0.15) is 5.56 Å². The van der Waals surface area contributed by atoms with Gasteiger partial charge in [0.2, 0.25) is 0 Å². The summed E-state index contributed by atoms with van der Waals surface area (Å²) in [6, 6.07) is 53.2. The molecule has 0 bridgehead atoms. The van der Waals surface area contributed by atoms with Gasteiger partial charge in [0.05, 0.1) is 0 Å². The van der Waals surface area contributed by atoms with Crippen LogP contribution in [0.3, 0.4) is 0 Å². The van der Waals surface area contributed by atoms with E-state index in [4.69, 9.17) is 0 Å². The zero-order valence-electron chi connectivity index (χ0n) is 24.0. The molecular formula is C42H29N. The zero-order chi connectivity index (χ0) is 28.8. The maximum absolute atomic E-state index is 4.19. The van der Waals surface area contributed by atoms with Crippen LogP contribution in [0.15, 0.2) is 158 Å². The summed E-state index contributed by atoms with van der Waals surface area (Å²) in [5.74, 6) is 0. The third-order valence-electron chi connectivity index (χ3n) is 8.58. The second kappa shape index (κ2) is 10.4. The van der Waals surface area contributed by atoms with Gasteiger partial charge in [0, 0.05) is 12.4 Å². The first-order valence-electron chi connectivity index (χ1n) is 14.8. The van der Waals surface area contributed by atoms with Gasteiger partial charge >= 0.3 is 0 Å². The Morgan fingerprint density at radius 1 is 0.349 bits per heavy atom. The molecule has 1 heteroatoms. The predicted octanol–water partition coefficient (Wildman–Crippen LogP) is 11.5. The van der Waals surface area contributed by atoms with Crippen LogP contribution in [-0.4, -0.2) is 4.98 Å². The van der Waals surface area contributed by atoms with Crippen molar-refractivity contribution in [1.29, 1.82) is 0 Å². The van der Waals surface area contributed by atoms with Crippen LogP contribution in [0.2, 0.25) is 0 Å². The van der Waals surface area contributed by atoms with E-state index in [0.717, 1.165) is 0 Å². The Hall–Kier alpha value is -5.53. The smallest absolute Gasteiger partial charge is 0.0273 e. The summed E-state index contributed by atoms with van der Waals surface area (Å²) in [6.45, 7) is 2.16. The van der Waals surface area contributed by atoms with Gasteiger partial charge in [-0.2, -0.15) is 0 Å². The quantitative estimate of drug-likeness (QED) is 0.200. The van der Waals surface area contributed by atoms with Gasteiger partial charge < -0.3 is 0 Å². The van der Waals surface area contributed by atoms with Crippen LogP contribution >= 0.6 is 0 Å². The number of hydrogen-bond donors (Lipinski definition) is 0. The molecule has 1 aromatic heterocycles. The lowest BCUT2D eigenvalue weighted by atomic mass is 9.85. The number of fused-ring (bicyclic) bond motifs is 3. The second-order valence-corrected chi connectivity index (χ2v) is 11.3. The van der Waals surface area contributed by atoms with Crippen molar-refractivity contribution in [3.8, 4) is 44.5 Å². The molecule has 0 unspecified atom stereocenters. The third-order valence-corrected chi connectivity index (χ3v) is 8.58. The molecule has 8 rings (SSSR count). The number of pyridine rings is 1. The minimum Gasteiger partial charge on any atom is -0.265 e. The van der Waals surface area contributed by atoms with Crippen LogP contribution in [0.5, 0.6) is 0 Å². The van der Waals surface area contributed by atoms with Crippen molar-refractivity contribution in [1.82, 2.24) is 4.98 Å². The Balaban J connectivity index is 1.35. The average molecular weight is 548 g/mol. The number of aromatic nitrogens is 1. The Morgan fingerprint density at radius 3 is 1.44 bits per heavy atom. The largest absolute Gasteiger partial charge is 0.265 e. The highest BCUT2D eigenvalue weighted by molar-refractivity contribution is 6.21. The highest BCUT2D eigenvalue weighted by atomic mass is 14.6. The van der Waals surface area contributed by atoms with Gasteiger partial charge in [0.25, 0.3) is 0 Å². The van der Waals surface area contributed by atoms with Crippen molar-refractivity contribution in [2.45, 2.75) is 6.92 Å². The molecule has 0 aliphatic rings. The number of hydrogen-bond acceptors (Lipinski definition) is 1. The van der Waals surface area contributed by atoms with Gasteiger partial charge in [-0.15, -0.1) is 0 Å². The van der Waals surface area contributed by atoms with E-state index in [0.29, 0.717) is 0 Å². The fourth-order valence-corrected chi connectivity index (χ4v) is 6.55. The van der Waals surface area contributed by atoms with Crippen LogP contribution in [0, 0.1) is 6.92 Å². The summed E-state index contributed by atoms with van der Waals surface area (Å²) in [5, 5.41) is 7.62. The SMILES string of the molecule is Cc1ccc2ccc(-c3c4ccccc4c(-c4cccc(-c5cccc(-c6ccncc6)c5)c4)c4ccccc34)cc2c1. The molecule has 8 aromatic rings. The van der Waals surface area contributed by atoms with Gasteiger partial charge in [-0.3, -0.25) is 4.98 Å². The standard InChI is InChI=1S/C42H29N/c1-28-16-17-29-18-19-35(27-36(29)24-28)42-39-14-4-2-12-37(39)41(38-13-3-5-15-40(38)42)34-11-7-10-33(26-34)32-9-6-8-31(25-32)30-20-22-43-23-21-30/h2-27H,1H3. The molecule has 0 spiro atoms. The zero-order valence-corrected chi connectivity index (χ0v) is 24.0. The first-order chi connectivity index (χ1) is 21.2. The fourth-order valence-electron chi connectivity index (χ4n) is 6.55. The van der Waals surface area contributed by atoms with Gasteiger partial charge in [-0.05, 0) is 114 Å². The van der Waals surface area contributed by atoms with E-state index in [1.165, 1.54) is 82.4 Å². The molecule has 1 nitrogen and oxygen atoms in total. The van der Waals surface area contributed by atoms with E-state index in [-0.39, 0.29) is 0 Å². The van der Waals surface area contributed by atoms with Gasteiger partial charge in [0.15, 0.2) is 0 Å². The van der Waals surface area contributed by atoms with Crippen molar-refractivity contribution in [2.24, 2.45) is 0 Å². The molecule has 7 aromatic carbocycles. The summed E-state index contributed by atoms with van der Waals surface area (Å²) < 4.78 is 0. The summed E-state index contributed by atoms with van der Waals surface area (Å²) in [4.78, 5) is 4.19. The van der Waals surface area contributed by atoms with Crippen molar-refractivity contribution in [2.75, 3.05) is 0 Å². The van der Waals surface area contributed by atoms with Crippen molar-refractivity contribution in [3.63, 3.8) is 0 Å². The fraction of sp³-hybridized carbons (Fsp3) is 0.0238. The molecule has 1 heterocycles. The molecule has 0 saturated heterocycles. The Bertz CT molecular complexity index is 2240. The molecule has 43 heavy (non-hydrogen) atoms. The monoisotopic (exact) mass is 547 g/mol. The summed E-state index contributed by atoms with van der Waals surface area (Å²) in [6.07, 6.45) is 3.70. The van der Waals surface area contributed by atoms with Crippen LogP contribution in [0.4, 0.5) is 0 Å². The van der Waals surface area contributed by atoms with Crippen LogP contribution in [0.25, 0.3) is 76.8 Å². The molecule has 0 amide bonds. The number of nitrogens with zero attached hydrogens (tertiary/aromatic N) is 1. The normalized spacial score (nSPS) is 11.4.